The molecule has 9 heteroatoms. The summed E-state index contributed by atoms with van der Waals surface area (Å²) >= 11 is 0. The predicted octanol–water partition coefficient (Wildman–Crippen LogP) is 3.66. The van der Waals surface area contributed by atoms with Crippen LogP contribution >= 0.6 is 0 Å². The molecule has 0 bridgehead atoms. The molecular formula is C20H27N3O6. The van der Waals surface area contributed by atoms with Gasteiger partial charge in [0, 0.05) is 17.8 Å². The van der Waals surface area contributed by atoms with Crippen LogP contribution in [0.2, 0.25) is 0 Å². The number of hydrogen-bond donors (Lipinski definition) is 1. The van der Waals surface area contributed by atoms with Crippen molar-refractivity contribution in [3.05, 3.63) is 30.6 Å². The summed E-state index contributed by atoms with van der Waals surface area (Å²) in [6.45, 7) is 9.52. The summed E-state index contributed by atoms with van der Waals surface area (Å²) in [5.74, 6) is -1.38. The van der Waals surface area contributed by atoms with Gasteiger partial charge in [-0.1, -0.05) is 0 Å². The van der Waals surface area contributed by atoms with Crippen LogP contribution in [0.5, 0.6) is 0 Å². The Morgan fingerprint density at radius 2 is 1.62 bits per heavy atom. The highest BCUT2D eigenvalue weighted by Gasteiger charge is 2.40. The smallest absolute Gasteiger partial charge is 0.420 e. The highest BCUT2D eigenvalue weighted by atomic mass is 16.6. The summed E-state index contributed by atoms with van der Waals surface area (Å²) < 4.78 is 12.1. The first-order chi connectivity index (χ1) is 13.3. The summed E-state index contributed by atoms with van der Waals surface area (Å²) in [5.41, 5.74) is -1.32. The molecule has 0 radical (unpaired) electrons. The number of aliphatic carboxylic acids is 1. The molecule has 9 nitrogen and oxygen atoms in total. The largest absolute Gasteiger partial charge is 0.480 e. The quantitative estimate of drug-likeness (QED) is 0.826. The molecule has 0 saturated heterocycles. The highest BCUT2D eigenvalue weighted by Crippen LogP contribution is 2.20. The maximum absolute atomic E-state index is 12.7. The van der Waals surface area contributed by atoms with Gasteiger partial charge < -0.3 is 19.1 Å². The zero-order valence-electron chi connectivity index (χ0n) is 17.5. The van der Waals surface area contributed by atoms with Gasteiger partial charge in [0.15, 0.2) is 6.04 Å². The Bertz CT molecular complexity index is 879. The number of nitrogens with zero attached hydrogens (tertiary/aromatic N) is 3. The average molecular weight is 405 g/mol. The maximum Gasteiger partial charge on any atom is 0.420 e. The molecule has 1 unspecified atom stereocenters. The molecule has 0 fully saturated rings. The molecule has 0 aliphatic heterocycles. The van der Waals surface area contributed by atoms with Crippen molar-refractivity contribution in [1.82, 2.24) is 14.5 Å². The van der Waals surface area contributed by atoms with Crippen molar-refractivity contribution >= 4 is 29.2 Å². The SMILES string of the molecule is CC(C)(C)OC(=O)N(C(=O)OC(C)(C)C)C(Cn1ccc2cccnc21)C(=O)O. The first-order valence-electron chi connectivity index (χ1n) is 9.16. The minimum Gasteiger partial charge on any atom is -0.480 e. The number of pyridine rings is 1. The highest BCUT2D eigenvalue weighted by molar-refractivity contribution is 5.93. The molecule has 1 N–H and O–H groups in total. The Kier molecular flexibility index (Phi) is 6.20. The fourth-order valence-corrected chi connectivity index (χ4v) is 2.58. The Morgan fingerprint density at radius 1 is 1.07 bits per heavy atom. The number of carbonyl (C=O) groups is 3. The van der Waals surface area contributed by atoms with E-state index in [0.717, 1.165) is 5.39 Å². The molecule has 0 spiro atoms. The molecule has 2 rings (SSSR count). The first-order valence-corrected chi connectivity index (χ1v) is 9.16. The zero-order chi connectivity index (χ0) is 22.0. The second-order valence-electron chi connectivity index (χ2n) is 8.57. The summed E-state index contributed by atoms with van der Waals surface area (Å²) in [5, 5.41) is 10.6. The van der Waals surface area contributed by atoms with Gasteiger partial charge in [0.2, 0.25) is 0 Å². The van der Waals surface area contributed by atoms with Gasteiger partial charge in [-0.15, -0.1) is 0 Å². The molecule has 2 amide bonds. The van der Waals surface area contributed by atoms with Gasteiger partial charge in [0.1, 0.15) is 16.8 Å². The first kappa shape index (κ1) is 22.2. The lowest BCUT2D eigenvalue weighted by Crippen LogP contribution is -2.53. The van der Waals surface area contributed by atoms with Crippen LogP contribution in [0.15, 0.2) is 30.6 Å². The molecule has 2 aromatic rings. The van der Waals surface area contributed by atoms with Crippen molar-refractivity contribution < 1.29 is 29.0 Å². The van der Waals surface area contributed by atoms with E-state index in [2.05, 4.69) is 4.98 Å². The molecule has 2 aromatic heterocycles. The Balaban J connectivity index is 2.43. The molecule has 2 heterocycles. The molecule has 29 heavy (non-hydrogen) atoms. The number of aromatic nitrogens is 2. The second-order valence-corrected chi connectivity index (χ2v) is 8.57. The van der Waals surface area contributed by atoms with E-state index < -0.39 is 35.4 Å². The molecule has 0 aromatic carbocycles. The standard InChI is InChI=1S/C20H27N3O6/c1-19(2,3)28-17(26)23(18(27)29-20(4,5)6)14(16(24)25)12-22-11-9-13-8-7-10-21-15(13)22/h7-11,14H,12H2,1-6H3,(H,24,25). The number of amides is 2. The van der Waals surface area contributed by atoms with Crippen LogP contribution < -0.4 is 0 Å². The Morgan fingerprint density at radius 3 is 2.10 bits per heavy atom. The van der Waals surface area contributed by atoms with Crippen LogP contribution in [0, 0.1) is 0 Å². The zero-order valence-corrected chi connectivity index (χ0v) is 17.5. The lowest BCUT2D eigenvalue weighted by Gasteiger charge is -2.31. The molecular weight excluding hydrogens is 378 g/mol. The van der Waals surface area contributed by atoms with Crippen molar-refractivity contribution in [3.63, 3.8) is 0 Å². The number of hydrogen-bond acceptors (Lipinski definition) is 6. The van der Waals surface area contributed by atoms with E-state index >= 15 is 0 Å². The van der Waals surface area contributed by atoms with Crippen molar-refractivity contribution in [1.29, 1.82) is 0 Å². The van der Waals surface area contributed by atoms with Gasteiger partial charge in [-0.05, 0) is 59.7 Å². The third kappa shape index (κ3) is 5.94. The predicted molar refractivity (Wildman–Crippen MR) is 105 cm³/mol. The van der Waals surface area contributed by atoms with Gasteiger partial charge >= 0.3 is 18.2 Å². The number of fused-ring (bicyclic) bond motifs is 1. The van der Waals surface area contributed by atoms with E-state index in [-0.39, 0.29) is 6.54 Å². The average Bonchev–Trinajstić information content (AvgIpc) is 2.94. The van der Waals surface area contributed by atoms with E-state index in [1.807, 2.05) is 6.07 Å². The van der Waals surface area contributed by atoms with Gasteiger partial charge in [0.25, 0.3) is 0 Å². The second kappa shape index (κ2) is 8.10. The lowest BCUT2D eigenvalue weighted by atomic mass is 10.2. The van der Waals surface area contributed by atoms with Crippen molar-refractivity contribution in [2.24, 2.45) is 0 Å². The molecule has 0 aliphatic carbocycles. The number of imide groups is 1. The van der Waals surface area contributed by atoms with Crippen molar-refractivity contribution in [3.8, 4) is 0 Å². The topological polar surface area (TPSA) is 111 Å². The van der Waals surface area contributed by atoms with Crippen LogP contribution in [0.1, 0.15) is 41.5 Å². The monoisotopic (exact) mass is 405 g/mol. The van der Waals surface area contributed by atoms with Crippen LogP contribution in [0.3, 0.4) is 0 Å². The van der Waals surface area contributed by atoms with E-state index in [1.54, 1.807) is 70.6 Å². The molecule has 0 aliphatic rings. The summed E-state index contributed by atoms with van der Waals surface area (Å²) in [4.78, 5) is 42.3. The fraction of sp³-hybridized carbons (Fsp3) is 0.500. The number of ether oxygens (including phenoxy) is 2. The van der Waals surface area contributed by atoms with Crippen molar-refractivity contribution in [2.75, 3.05) is 0 Å². The van der Waals surface area contributed by atoms with E-state index in [9.17, 15) is 19.5 Å². The Hall–Kier alpha value is -3.10. The van der Waals surface area contributed by atoms with Crippen LogP contribution in [0.4, 0.5) is 9.59 Å². The number of carboxylic acids is 1. The third-order valence-corrected chi connectivity index (χ3v) is 3.67. The van der Waals surface area contributed by atoms with Gasteiger partial charge in [-0.2, -0.15) is 4.90 Å². The number of rotatable bonds is 4. The lowest BCUT2D eigenvalue weighted by molar-refractivity contribution is -0.143. The van der Waals surface area contributed by atoms with Gasteiger partial charge in [-0.25, -0.2) is 19.4 Å². The Labute approximate surface area is 169 Å². The van der Waals surface area contributed by atoms with E-state index in [4.69, 9.17) is 9.47 Å². The molecule has 1 atom stereocenters. The summed E-state index contributed by atoms with van der Waals surface area (Å²) in [6, 6.07) is 3.80. The third-order valence-electron chi connectivity index (χ3n) is 3.67. The van der Waals surface area contributed by atoms with Crippen LogP contribution in [-0.4, -0.2) is 55.0 Å². The van der Waals surface area contributed by atoms with Crippen LogP contribution in [-0.2, 0) is 20.8 Å². The fourth-order valence-electron chi connectivity index (χ4n) is 2.58. The van der Waals surface area contributed by atoms with E-state index in [0.29, 0.717) is 10.5 Å². The van der Waals surface area contributed by atoms with E-state index in [1.165, 1.54) is 0 Å². The van der Waals surface area contributed by atoms with Crippen molar-refractivity contribution in [2.45, 2.75) is 65.3 Å². The number of carboxylic acid groups (broad SMARTS) is 1. The van der Waals surface area contributed by atoms with Crippen LogP contribution in [0.25, 0.3) is 11.0 Å². The molecule has 0 saturated carbocycles. The number of carbonyl (C=O) groups excluding carboxylic acids is 2. The van der Waals surface area contributed by atoms with Gasteiger partial charge in [0.05, 0.1) is 6.54 Å². The minimum atomic E-state index is -1.56. The molecule has 158 valence electrons. The normalized spacial score (nSPS) is 13.0. The maximum atomic E-state index is 12.7. The summed E-state index contributed by atoms with van der Waals surface area (Å²) in [6.07, 6.45) is 1.04. The summed E-state index contributed by atoms with van der Waals surface area (Å²) in [7, 11) is 0. The minimum absolute atomic E-state index is 0.214. The van der Waals surface area contributed by atoms with Gasteiger partial charge in [-0.3, -0.25) is 0 Å².